The van der Waals surface area contributed by atoms with Gasteiger partial charge < -0.3 is 28.3 Å². The first-order chi connectivity index (χ1) is 11.1. The third-order valence-electron chi connectivity index (χ3n) is 3.13. The maximum absolute atomic E-state index is 12.5. The molecule has 0 amide bonds. The number of hydrogen-bond acceptors (Lipinski definition) is 8. The number of carboxylic acid groups (broad SMARTS) is 2. The molecule has 0 aliphatic heterocycles. The Morgan fingerprint density at radius 1 is 0.750 bits per heavy atom. The van der Waals surface area contributed by atoms with Crippen molar-refractivity contribution in [1.29, 1.82) is 0 Å². The molecular formula is C12H16O10P2. The van der Waals surface area contributed by atoms with Gasteiger partial charge >= 0.3 is 27.1 Å². The normalized spacial score (nSPS) is 12.2. The lowest BCUT2D eigenvalue weighted by molar-refractivity contribution is 0.0683. The van der Waals surface area contributed by atoms with Crippen molar-refractivity contribution in [1.82, 2.24) is 0 Å². The van der Waals surface area contributed by atoms with Crippen LogP contribution in [0.5, 0.6) is 0 Å². The lowest BCUT2D eigenvalue weighted by Gasteiger charge is -2.20. The summed E-state index contributed by atoms with van der Waals surface area (Å²) < 4.78 is 43.9. The molecule has 0 saturated heterocycles. The maximum Gasteiger partial charge on any atom is 0.361 e. The first-order valence-electron chi connectivity index (χ1n) is 6.19. The zero-order valence-electron chi connectivity index (χ0n) is 13.2. The highest BCUT2D eigenvalue weighted by atomic mass is 31.2. The van der Waals surface area contributed by atoms with Crippen LogP contribution in [0.3, 0.4) is 0 Å². The molecule has 1 aromatic rings. The third kappa shape index (κ3) is 3.59. The topological polar surface area (TPSA) is 146 Å². The highest BCUT2D eigenvalue weighted by Crippen LogP contribution is 2.49. The van der Waals surface area contributed by atoms with Crippen molar-refractivity contribution < 1.29 is 47.0 Å². The molecule has 0 bridgehead atoms. The fraction of sp³-hybridized carbons (Fsp3) is 0.333. The Kier molecular flexibility index (Phi) is 6.46. The Labute approximate surface area is 137 Å². The van der Waals surface area contributed by atoms with Crippen LogP contribution in [0.25, 0.3) is 0 Å². The second-order valence-corrected chi connectivity index (χ2v) is 8.64. The highest BCUT2D eigenvalue weighted by molar-refractivity contribution is 7.63. The molecule has 0 fully saturated rings. The van der Waals surface area contributed by atoms with Gasteiger partial charge in [-0.3, -0.25) is 9.13 Å². The Balaban J connectivity index is 3.95. The Morgan fingerprint density at radius 2 is 1.00 bits per heavy atom. The second kappa shape index (κ2) is 7.57. The average Bonchev–Trinajstić information content (AvgIpc) is 2.58. The molecule has 0 heterocycles. The van der Waals surface area contributed by atoms with Crippen molar-refractivity contribution in [3.63, 3.8) is 0 Å². The average molecular weight is 382 g/mol. The van der Waals surface area contributed by atoms with E-state index in [9.17, 15) is 28.9 Å². The number of rotatable bonds is 8. The van der Waals surface area contributed by atoms with E-state index < -0.39 is 48.9 Å². The summed E-state index contributed by atoms with van der Waals surface area (Å²) in [5, 5.41) is 17.7. The van der Waals surface area contributed by atoms with Crippen LogP contribution in [0.2, 0.25) is 0 Å². The number of aromatic carboxylic acids is 2. The third-order valence-corrected chi connectivity index (χ3v) is 6.97. The summed E-state index contributed by atoms with van der Waals surface area (Å²) in [4.78, 5) is 23.0. The van der Waals surface area contributed by atoms with Crippen LogP contribution >= 0.6 is 15.2 Å². The van der Waals surface area contributed by atoms with Gasteiger partial charge in [0.1, 0.15) is 0 Å². The molecular weight excluding hydrogens is 366 g/mol. The minimum atomic E-state index is -4.10. The summed E-state index contributed by atoms with van der Waals surface area (Å²) in [5.74, 6) is -3.12. The predicted molar refractivity (Wildman–Crippen MR) is 82.9 cm³/mol. The van der Waals surface area contributed by atoms with Crippen molar-refractivity contribution in [3.05, 3.63) is 23.3 Å². The van der Waals surface area contributed by atoms with E-state index >= 15 is 0 Å². The van der Waals surface area contributed by atoms with Crippen molar-refractivity contribution >= 4 is 37.7 Å². The summed E-state index contributed by atoms with van der Waals surface area (Å²) in [6.07, 6.45) is 0. The van der Waals surface area contributed by atoms with E-state index in [0.717, 1.165) is 40.6 Å². The largest absolute Gasteiger partial charge is 0.478 e. The summed E-state index contributed by atoms with van der Waals surface area (Å²) in [7, 11) is -4.14. The quantitative estimate of drug-likeness (QED) is 0.631. The van der Waals surface area contributed by atoms with E-state index in [4.69, 9.17) is 18.1 Å². The van der Waals surface area contributed by atoms with Gasteiger partial charge in [0.15, 0.2) is 0 Å². The zero-order chi connectivity index (χ0) is 18.7. The van der Waals surface area contributed by atoms with Crippen LogP contribution in [0.4, 0.5) is 0 Å². The molecule has 1 rings (SSSR count). The smallest absolute Gasteiger partial charge is 0.361 e. The predicted octanol–water partition coefficient (Wildman–Crippen LogP) is 1.31. The molecule has 134 valence electrons. The molecule has 0 saturated carbocycles. The van der Waals surface area contributed by atoms with Gasteiger partial charge in [0.05, 0.1) is 21.7 Å². The van der Waals surface area contributed by atoms with Crippen LogP contribution in [0.15, 0.2) is 12.1 Å². The van der Waals surface area contributed by atoms with E-state index in [2.05, 4.69) is 0 Å². The van der Waals surface area contributed by atoms with Crippen molar-refractivity contribution in [3.8, 4) is 0 Å². The van der Waals surface area contributed by atoms with E-state index in [1.54, 1.807) is 0 Å². The molecule has 0 unspecified atom stereocenters. The van der Waals surface area contributed by atoms with Gasteiger partial charge in [0.25, 0.3) is 0 Å². The number of hydrogen-bond donors (Lipinski definition) is 2. The molecule has 0 radical (unpaired) electrons. The maximum atomic E-state index is 12.5. The number of carboxylic acids is 2. The summed E-state index contributed by atoms with van der Waals surface area (Å²) in [6, 6.07) is 1.53. The van der Waals surface area contributed by atoms with E-state index in [-0.39, 0.29) is 0 Å². The molecule has 0 aliphatic rings. The minimum Gasteiger partial charge on any atom is -0.478 e. The first kappa shape index (κ1) is 20.5. The molecule has 0 atom stereocenters. The monoisotopic (exact) mass is 382 g/mol. The Bertz CT molecular complexity index is 677. The van der Waals surface area contributed by atoms with Crippen LogP contribution in [0.1, 0.15) is 20.7 Å². The molecule has 0 aromatic heterocycles. The van der Waals surface area contributed by atoms with Gasteiger partial charge in [-0.1, -0.05) is 0 Å². The van der Waals surface area contributed by atoms with Crippen LogP contribution < -0.4 is 10.6 Å². The Hall–Kier alpha value is -1.54. The lowest BCUT2D eigenvalue weighted by atomic mass is 10.1. The molecule has 12 heteroatoms. The van der Waals surface area contributed by atoms with Crippen molar-refractivity contribution in [2.75, 3.05) is 28.4 Å². The van der Waals surface area contributed by atoms with Gasteiger partial charge in [-0.05, 0) is 12.1 Å². The summed E-state index contributed by atoms with van der Waals surface area (Å²) in [6.45, 7) is 0. The number of carbonyl (C=O) groups is 2. The van der Waals surface area contributed by atoms with E-state index in [0.29, 0.717) is 0 Å². The highest BCUT2D eigenvalue weighted by Gasteiger charge is 2.37. The molecule has 24 heavy (non-hydrogen) atoms. The van der Waals surface area contributed by atoms with Gasteiger partial charge in [-0.25, -0.2) is 9.59 Å². The standard InChI is InChI=1S/C12H16O10P2/c1-19-23(17,20-2)9-5-8(12(15)16)10(6-7(9)11(13)14)24(18,21-3)22-4/h5-6H,1-4H3,(H,13,14)(H,15,16). The first-order valence-corrected chi connectivity index (χ1v) is 9.27. The fourth-order valence-corrected chi connectivity index (χ4v) is 4.48. The molecule has 2 N–H and O–H groups in total. The van der Waals surface area contributed by atoms with Gasteiger partial charge in [0.2, 0.25) is 0 Å². The van der Waals surface area contributed by atoms with Crippen LogP contribution in [-0.2, 0) is 27.2 Å². The molecule has 0 aliphatic carbocycles. The van der Waals surface area contributed by atoms with Crippen LogP contribution in [-0.4, -0.2) is 50.6 Å². The van der Waals surface area contributed by atoms with Crippen LogP contribution in [0, 0.1) is 0 Å². The van der Waals surface area contributed by atoms with Crippen molar-refractivity contribution in [2.24, 2.45) is 0 Å². The lowest BCUT2D eigenvalue weighted by Crippen LogP contribution is -2.27. The van der Waals surface area contributed by atoms with Gasteiger partial charge in [-0.2, -0.15) is 0 Å². The molecule has 0 spiro atoms. The molecule has 10 nitrogen and oxygen atoms in total. The second-order valence-electron chi connectivity index (χ2n) is 4.22. The van der Waals surface area contributed by atoms with Gasteiger partial charge in [0, 0.05) is 28.4 Å². The summed E-state index contributed by atoms with van der Waals surface area (Å²) >= 11 is 0. The summed E-state index contributed by atoms with van der Waals surface area (Å²) in [5.41, 5.74) is -1.23. The minimum absolute atomic E-state index is 0.500. The fourth-order valence-electron chi connectivity index (χ4n) is 1.92. The SMILES string of the molecule is COP(=O)(OC)c1cc(C(=O)O)c(P(=O)(OC)OC)cc1C(=O)O. The zero-order valence-corrected chi connectivity index (χ0v) is 15.0. The van der Waals surface area contributed by atoms with Crippen molar-refractivity contribution in [2.45, 2.75) is 0 Å². The van der Waals surface area contributed by atoms with E-state index in [1.165, 1.54) is 0 Å². The molecule has 1 aromatic carbocycles. The number of benzene rings is 1. The Morgan fingerprint density at radius 3 is 1.17 bits per heavy atom. The van der Waals surface area contributed by atoms with E-state index in [1.807, 2.05) is 0 Å². The van der Waals surface area contributed by atoms with Gasteiger partial charge in [-0.15, -0.1) is 0 Å².